The zero-order valence-electron chi connectivity index (χ0n) is 17.8. The van der Waals surface area contributed by atoms with E-state index in [4.69, 9.17) is 0 Å². The monoisotopic (exact) mass is 404 g/mol. The Labute approximate surface area is 181 Å². The van der Waals surface area contributed by atoms with E-state index in [9.17, 15) is 0 Å². The van der Waals surface area contributed by atoms with E-state index in [2.05, 4.69) is 100 Å². The second-order valence-electron chi connectivity index (χ2n) is 9.04. The summed E-state index contributed by atoms with van der Waals surface area (Å²) in [5, 5.41) is 2.75. The molecule has 0 spiro atoms. The predicted octanol–water partition coefficient (Wildman–Crippen LogP) is 8.64. The summed E-state index contributed by atoms with van der Waals surface area (Å²) in [6, 6.07) is 27.0. The largest absolute Gasteiger partial charge is 0.135 e. The Hall–Kier alpha value is -2.90. The molecule has 1 heterocycles. The summed E-state index contributed by atoms with van der Waals surface area (Å²) >= 11 is 1.92. The molecule has 146 valence electrons. The third-order valence-electron chi connectivity index (χ3n) is 7.07. The Morgan fingerprint density at radius 2 is 1.27 bits per heavy atom. The predicted molar refractivity (Wildman–Crippen MR) is 132 cm³/mol. The van der Waals surface area contributed by atoms with Gasteiger partial charge >= 0.3 is 0 Å². The highest BCUT2D eigenvalue weighted by molar-refractivity contribution is 7.26. The van der Waals surface area contributed by atoms with Gasteiger partial charge in [-0.2, -0.15) is 0 Å². The molecule has 0 atom stereocenters. The topological polar surface area (TPSA) is 0 Å². The zero-order valence-corrected chi connectivity index (χ0v) is 18.7. The first-order chi connectivity index (χ1) is 14.5. The average Bonchev–Trinajstić information content (AvgIpc) is 3.24. The second kappa shape index (κ2) is 6.06. The average molecular weight is 405 g/mol. The van der Waals surface area contributed by atoms with Gasteiger partial charge in [-0.15, -0.1) is 11.3 Å². The van der Waals surface area contributed by atoms with Crippen LogP contribution in [0.5, 0.6) is 0 Å². The van der Waals surface area contributed by atoms with Gasteiger partial charge in [-0.3, -0.25) is 0 Å². The summed E-state index contributed by atoms with van der Waals surface area (Å²) in [5.74, 6) is 0. The molecule has 0 saturated heterocycles. The fourth-order valence-corrected chi connectivity index (χ4v) is 6.85. The van der Waals surface area contributed by atoms with Crippen LogP contribution in [-0.2, 0) is 5.41 Å². The van der Waals surface area contributed by atoms with Crippen molar-refractivity contribution in [2.45, 2.75) is 33.1 Å². The van der Waals surface area contributed by atoms with Crippen molar-refractivity contribution in [1.29, 1.82) is 0 Å². The van der Waals surface area contributed by atoms with Gasteiger partial charge in [0.25, 0.3) is 0 Å². The highest BCUT2D eigenvalue weighted by Crippen LogP contribution is 2.52. The van der Waals surface area contributed by atoms with Crippen LogP contribution in [0.4, 0.5) is 0 Å². The highest BCUT2D eigenvalue weighted by atomic mass is 32.1. The van der Waals surface area contributed by atoms with E-state index in [1.54, 1.807) is 0 Å². The first-order valence-electron chi connectivity index (χ1n) is 10.6. The van der Waals surface area contributed by atoms with Crippen LogP contribution in [-0.4, -0.2) is 0 Å². The Kier molecular flexibility index (Phi) is 3.62. The molecule has 5 aromatic rings. The summed E-state index contributed by atoms with van der Waals surface area (Å²) < 4.78 is 2.78. The molecule has 0 saturated carbocycles. The lowest BCUT2D eigenvalue weighted by Crippen LogP contribution is -2.16. The van der Waals surface area contributed by atoms with Crippen molar-refractivity contribution in [1.82, 2.24) is 0 Å². The molecule has 1 aromatic heterocycles. The van der Waals surface area contributed by atoms with Crippen molar-refractivity contribution < 1.29 is 0 Å². The van der Waals surface area contributed by atoms with Crippen LogP contribution >= 0.6 is 11.3 Å². The summed E-state index contributed by atoms with van der Waals surface area (Å²) in [5.41, 5.74) is 11.3. The van der Waals surface area contributed by atoms with Crippen molar-refractivity contribution in [3.63, 3.8) is 0 Å². The number of benzene rings is 4. The Morgan fingerprint density at radius 1 is 0.600 bits per heavy atom. The molecule has 1 aliphatic carbocycles. The summed E-state index contributed by atoms with van der Waals surface area (Å²) in [6.45, 7) is 9.35. The molecule has 4 aromatic carbocycles. The summed E-state index contributed by atoms with van der Waals surface area (Å²) in [4.78, 5) is 0. The zero-order chi connectivity index (χ0) is 20.6. The van der Waals surface area contributed by atoms with Crippen molar-refractivity contribution >= 4 is 31.5 Å². The molecule has 0 aliphatic heterocycles. The molecule has 0 N–H and O–H groups in total. The molecule has 1 heteroatoms. The number of fused-ring (bicyclic) bond motifs is 6. The van der Waals surface area contributed by atoms with Gasteiger partial charge in [0, 0.05) is 25.6 Å². The van der Waals surface area contributed by atoms with Gasteiger partial charge in [0.1, 0.15) is 0 Å². The van der Waals surface area contributed by atoms with Gasteiger partial charge in [-0.05, 0) is 64.4 Å². The normalized spacial score (nSPS) is 14.3. The van der Waals surface area contributed by atoms with Gasteiger partial charge in [-0.25, -0.2) is 0 Å². The van der Waals surface area contributed by atoms with Crippen LogP contribution in [0.15, 0.2) is 72.8 Å². The maximum atomic E-state index is 2.37. The third kappa shape index (κ3) is 2.22. The quantitative estimate of drug-likeness (QED) is 0.262. The minimum Gasteiger partial charge on any atom is -0.135 e. The number of hydrogen-bond acceptors (Lipinski definition) is 1. The van der Waals surface area contributed by atoms with E-state index in [1.807, 2.05) is 11.3 Å². The standard InChI is InChI=1S/C29H24S/c1-17-19(13-15-23-21-9-5-7-11-25(21)29(3,4)27(17)23)20-14-16-24-22-10-6-8-12-26(22)30-28(24)18(20)2/h5-16H,1-4H3. The SMILES string of the molecule is Cc1c(-c2ccc3c(sc4ccccc43)c2C)ccc2c1C(C)(C)c1ccccc1-2. The van der Waals surface area contributed by atoms with E-state index in [0.717, 1.165) is 0 Å². The lowest BCUT2D eigenvalue weighted by molar-refractivity contribution is 0.656. The Morgan fingerprint density at radius 3 is 2.13 bits per heavy atom. The van der Waals surface area contributed by atoms with Gasteiger partial charge in [0.15, 0.2) is 0 Å². The van der Waals surface area contributed by atoms with Crippen LogP contribution in [0, 0.1) is 13.8 Å². The van der Waals surface area contributed by atoms with Crippen molar-refractivity contribution in [3.8, 4) is 22.3 Å². The molecular formula is C29H24S. The number of thiophene rings is 1. The van der Waals surface area contributed by atoms with Gasteiger partial charge < -0.3 is 0 Å². The molecular weight excluding hydrogens is 380 g/mol. The van der Waals surface area contributed by atoms with E-state index < -0.39 is 0 Å². The first-order valence-corrected chi connectivity index (χ1v) is 11.5. The molecule has 0 unspecified atom stereocenters. The van der Waals surface area contributed by atoms with Crippen LogP contribution < -0.4 is 0 Å². The fraction of sp³-hybridized carbons (Fsp3) is 0.172. The highest BCUT2D eigenvalue weighted by Gasteiger charge is 2.37. The Bertz CT molecular complexity index is 1480. The van der Waals surface area contributed by atoms with E-state index in [-0.39, 0.29) is 5.41 Å². The molecule has 0 radical (unpaired) electrons. The second-order valence-corrected chi connectivity index (χ2v) is 10.1. The van der Waals surface area contributed by atoms with Crippen molar-refractivity contribution in [2.24, 2.45) is 0 Å². The van der Waals surface area contributed by atoms with Crippen LogP contribution in [0.2, 0.25) is 0 Å². The van der Waals surface area contributed by atoms with Crippen molar-refractivity contribution in [2.75, 3.05) is 0 Å². The van der Waals surface area contributed by atoms with Crippen molar-refractivity contribution in [3.05, 3.63) is 95.1 Å². The summed E-state index contributed by atoms with van der Waals surface area (Å²) in [6.07, 6.45) is 0. The lowest BCUT2D eigenvalue weighted by atomic mass is 9.78. The molecule has 6 rings (SSSR count). The minimum atomic E-state index is 0.0294. The molecule has 0 fully saturated rings. The van der Waals surface area contributed by atoms with Crippen LogP contribution in [0.25, 0.3) is 42.4 Å². The van der Waals surface area contributed by atoms with E-state index in [0.29, 0.717) is 0 Å². The van der Waals surface area contributed by atoms with Crippen LogP contribution in [0.1, 0.15) is 36.1 Å². The van der Waals surface area contributed by atoms with Gasteiger partial charge in [0.05, 0.1) is 0 Å². The van der Waals surface area contributed by atoms with Gasteiger partial charge in [0.2, 0.25) is 0 Å². The molecule has 0 amide bonds. The molecule has 1 aliphatic rings. The van der Waals surface area contributed by atoms with E-state index in [1.165, 1.54) is 64.7 Å². The maximum absolute atomic E-state index is 2.37. The third-order valence-corrected chi connectivity index (χ3v) is 8.37. The minimum absolute atomic E-state index is 0.0294. The lowest BCUT2D eigenvalue weighted by Gasteiger charge is -2.25. The van der Waals surface area contributed by atoms with Gasteiger partial charge in [-0.1, -0.05) is 80.6 Å². The van der Waals surface area contributed by atoms with E-state index >= 15 is 0 Å². The first kappa shape index (κ1) is 17.9. The van der Waals surface area contributed by atoms with Crippen LogP contribution in [0.3, 0.4) is 0 Å². The smallest absolute Gasteiger partial charge is 0.0390 e. The molecule has 0 nitrogen and oxygen atoms in total. The molecule has 30 heavy (non-hydrogen) atoms. The summed E-state index contributed by atoms with van der Waals surface area (Å²) in [7, 11) is 0. The number of rotatable bonds is 1. The Balaban J connectivity index is 1.62. The number of hydrogen-bond donors (Lipinski definition) is 0. The maximum Gasteiger partial charge on any atom is 0.0390 e. The number of aryl methyl sites for hydroxylation is 1. The fourth-order valence-electron chi connectivity index (χ4n) is 5.65. The molecule has 0 bridgehead atoms.